The lowest BCUT2D eigenvalue weighted by atomic mass is 9.91. The molecule has 0 radical (unpaired) electrons. The van der Waals surface area contributed by atoms with Crippen molar-refractivity contribution in [3.8, 4) is 0 Å². The molecule has 7 nitrogen and oxygen atoms in total. The van der Waals surface area contributed by atoms with Crippen molar-refractivity contribution in [1.29, 1.82) is 0 Å². The Morgan fingerprint density at radius 2 is 2.03 bits per heavy atom. The predicted molar refractivity (Wildman–Crippen MR) is 157 cm³/mol. The highest BCUT2D eigenvalue weighted by Gasteiger charge is 2.33. The van der Waals surface area contributed by atoms with E-state index >= 15 is 4.39 Å². The van der Waals surface area contributed by atoms with E-state index in [1.54, 1.807) is 6.07 Å². The summed E-state index contributed by atoms with van der Waals surface area (Å²) < 4.78 is 17.0. The van der Waals surface area contributed by atoms with E-state index in [1.165, 1.54) is 22.9 Å². The number of nitrogens with one attached hydrogen (secondary N) is 2. The number of allylic oxidation sites excluding steroid dienone is 3. The minimum atomic E-state index is -0.255. The molecule has 202 valence electrons. The number of aromatic amines is 1. The predicted octanol–water partition coefficient (Wildman–Crippen LogP) is 7.17. The first-order chi connectivity index (χ1) is 18.2. The quantitative estimate of drug-likeness (QED) is 0.125. The van der Waals surface area contributed by atoms with Gasteiger partial charge in [0, 0.05) is 47.6 Å². The van der Waals surface area contributed by atoms with Gasteiger partial charge in [0.15, 0.2) is 5.82 Å². The Labute approximate surface area is 229 Å². The van der Waals surface area contributed by atoms with E-state index in [9.17, 15) is 0 Å². The Morgan fingerprint density at radius 1 is 1.26 bits per heavy atom. The molecule has 0 bridgehead atoms. The van der Waals surface area contributed by atoms with E-state index in [0.29, 0.717) is 29.8 Å². The van der Waals surface area contributed by atoms with Crippen molar-refractivity contribution < 1.29 is 4.39 Å². The van der Waals surface area contributed by atoms with Gasteiger partial charge in [0.1, 0.15) is 17.5 Å². The second kappa shape index (κ2) is 12.0. The molecule has 3 aromatic rings. The van der Waals surface area contributed by atoms with Gasteiger partial charge in [0.2, 0.25) is 0 Å². The highest BCUT2D eigenvalue weighted by molar-refractivity contribution is 7.98. The number of nitrogens with zero attached hydrogens (tertiary/aromatic N) is 5. The molecule has 0 spiro atoms. The van der Waals surface area contributed by atoms with E-state index in [4.69, 9.17) is 4.99 Å². The third-order valence-electron chi connectivity index (χ3n) is 6.84. The van der Waals surface area contributed by atoms with Crippen LogP contribution in [0.2, 0.25) is 0 Å². The van der Waals surface area contributed by atoms with Gasteiger partial charge in [0.25, 0.3) is 0 Å². The number of rotatable bonds is 10. The Kier molecular flexibility index (Phi) is 8.76. The molecule has 0 unspecified atom stereocenters. The topological polar surface area (TPSA) is 74.1 Å². The number of aromatic nitrogens is 4. The van der Waals surface area contributed by atoms with Crippen LogP contribution in [0.3, 0.4) is 0 Å². The number of halogens is 1. The summed E-state index contributed by atoms with van der Waals surface area (Å²) in [7, 11) is 1.94. The van der Waals surface area contributed by atoms with Gasteiger partial charge in [0.05, 0.1) is 11.9 Å². The summed E-state index contributed by atoms with van der Waals surface area (Å²) in [5.74, 6) is 2.26. The van der Waals surface area contributed by atoms with E-state index in [0.717, 1.165) is 46.8 Å². The Balaban J connectivity index is 1.90. The fraction of sp³-hybridized carbons (Fsp3) is 0.414. The van der Waals surface area contributed by atoms with Crippen LogP contribution in [-0.2, 0) is 7.05 Å². The maximum absolute atomic E-state index is 15.2. The lowest BCUT2D eigenvalue weighted by molar-refractivity contribution is 0.623. The maximum atomic E-state index is 15.2. The fourth-order valence-corrected chi connectivity index (χ4v) is 5.06. The van der Waals surface area contributed by atoms with Crippen molar-refractivity contribution in [3.05, 3.63) is 70.7 Å². The molecule has 0 amide bonds. The van der Waals surface area contributed by atoms with Crippen LogP contribution in [0.1, 0.15) is 58.2 Å². The summed E-state index contributed by atoms with van der Waals surface area (Å²) in [6.07, 6.45) is 9.03. The van der Waals surface area contributed by atoms with Crippen LogP contribution >= 0.6 is 11.8 Å². The second-order valence-corrected chi connectivity index (χ2v) is 10.6. The molecule has 2 aromatic heterocycles. The summed E-state index contributed by atoms with van der Waals surface area (Å²) in [5.41, 5.74) is 6.16. The van der Waals surface area contributed by atoms with Crippen molar-refractivity contribution in [3.63, 3.8) is 0 Å². The van der Waals surface area contributed by atoms with Gasteiger partial charge < -0.3 is 10.2 Å². The number of hydrogen-bond acceptors (Lipinski definition) is 5. The standard InChI is InChI=1S/C29H38FN7S/c1-8-18(3)27(22-16-31-36(6)17-22)28(21-10-11-21)29(33-26-14-19(4)34-35-26)32-20(5)37(9-2)25-13-12-23(38-7)15-24(25)30/h12-17,21H,8-11H2,1-7H3,(H2,33,34,35)/b27-18+,29-28+,32-20+. The molecule has 1 aliphatic carbocycles. The van der Waals surface area contributed by atoms with Gasteiger partial charge in [-0.2, -0.15) is 10.2 Å². The summed E-state index contributed by atoms with van der Waals surface area (Å²) in [5, 5.41) is 15.4. The first kappa shape index (κ1) is 27.7. The average molecular weight is 536 g/mol. The lowest BCUT2D eigenvalue weighted by Crippen LogP contribution is -2.30. The molecular formula is C29H38FN7S. The number of amidine groups is 1. The summed E-state index contributed by atoms with van der Waals surface area (Å²) in [4.78, 5) is 7.98. The van der Waals surface area contributed by atoms with Crippen LogP contribution in [0.4, 0.5) is 15.9 Å². The maximum Gasteiger partial charge on any atom is 0.153 e. The first-order valence-corrected chi connectivity index (χ1v) is 14.4. The number of benzene rings is 1. The average Bonchev–Trinajstić information content (AvgIpc) is 3.52. The number of H-pyrrole nitrogens is 1. The Hall–Kier alpha value is -3.33. The monoisotopic (exact) mass is 535 g/mol. The zero-order valence-corrected chi connectivity index (χ0v) is 24.2. The Morgan fingerprint density at radius 3 is 2.55 bits per heavy atom. The normalized spacial score (nSPS) is 15.3. The third kappa shape index (κ3) is 6.20. The van der Waals surface area contributed by atoms with Crippen LogP contribution in [-0.4, -0.2) is 38.6 Å². The minimum absolute atomic E-state index is 0.255. The molecule has 2 N–H and O–H groups in total. The van der Waals surface area contributed by atoms with E-state index in [1.807, 2.05) is 68.1 Å². The Bertz CT molecular complexity index is 1380. The molecule has 0 atom stereocenters. The number of aryl methyl sites for hydroxylation is 2. The van der Waals surface area contributed by atoms with Crippen molar-refractivity contribution in [2.24, 2.45) is 18.0 Å². The van der Waals surface area contributed by atoms with E-state index < -0.39 is 0 Å². The summed E-state index contributed by atoms with van der Waals surface area (Å²) >= 11 is 1.53. The zero-order valence-electron chi connectivity index (χ0n) is 23.4. The third-order valence-corrected chi connectivity index (χ3v) is 7.56. The molecule has 38 heavy (non-hydrogen) atoms. The SMILES string of the molecule is CC/C(C)=C(/C(=C(\N=C(/C)N(CC)c1ccc(SC)cc1F)Nc1cc(C)[nH]n1)C1CC1)c1cnn(C)c1. The van der Waals surface area contributed by atoms with Crippen LogP contribution in [0.5, 0.6) is 0 Å². The number of anilines is 2. The molecule has 4 rings (SSSR count). The molecule has 0 aliphatic heterocycles. The van der Waals surface area contributed by atoms with Crippen LogP contribution in [0, 0.1) is 18.7 Å². The number of thioether (sulfide) groups is 1. The van der Waals surface area contributed by atoms with Crippen LogP contribution in [0.15, 0.2) is 63.5 Å². The van der Waals surface area contributed by atoms with Gasteiger partial charge in [-0.1, -0.05) is 12.5 Å². The van der Waals surface area contributed by atoms with Gasteiger partial charge in [-0.15, -0.1) is 11.8 Å². The van der Waals surface area contributed by atoms with Crippen molar-refractivity contribution in [2.75, 3.05) is 23.0 Å². The molecule has 1 aliphatic rings. The van der Waals surface area contributed by atoms with Gasteiger partial charge >= 0.3 is 0 Å². The molecule has 1 saturated carbocycles. The lowest BCUT2D eigenvalue weighted by Gasteiger charge is -2.25. The zero-order chi connectivity index (χ0) is 27.4. The van der Waals surface area contributed by atoms with Crippen molar-refractivity contribution >= 4 is 34.7 Å². The molecule has 9 heteroatoms. The highest BCUT2D eigenvalue weighted by atomic mass is 32.2. The molecular weight excluding hydrogens is 497 g/mol. The van der Waals surface area contributed by atoms with Crippen molar-refractivity contribution in [2.45, 2.75) is 58.8 Å². The molecule has 2 heterocycles. The first-order valence-electron chi connectivity index (χ1n) is 13.1. The number of aliphatic imine (C=N–C) groups is 1. The van der Waals surface area contributed by atoms with Crippen molar-refractivity contribution in [1.82, 2.24) is 20.0 Å². The molecule has 1 aromatic carbocycles. The largest absolute Gasteiger partial charge is 0.328 e. The van der Waals surface area contributed by atoms with Crippen LogP contribution < -0.4 is 10.2 Å². The van der Waals surface area contributed by atoms with Gasteiger partial charge in [-0.05, 0) is 82.9 Å². The minimum Gasteiger partial charge on any atom is -0.328 e. The number of hydrogen-bond donors (Lipinski definition) is 2. The summed E-state index contributed by atoms with van der Waals surface area (Å²) in [6, 6.07) is 7.33. The van der Waals surface area contributed by atoms with Gasteiger partial charge in [-0.3, -0.25) is 9.78 Å². The van der Waals surface area contributed by atoms with E-state index in [2.05, 4.69) is 40.7 Å². The summed E-state index contributed by atoms with van der Waals surface area (Å²) in [6.45, 7) is 10.9. The van der Waals surface area contributed by atoms with Crippen LogP contribution in [0.25, 0.3) is 5.57 Å². The smallest absolute Gasteiger partial charge is 0.153 e. The highest BCUT2D eigenvalue weighted by Crippen LogP contribution is 2.46. The van der Waals surface area contributed by atoms with E-state index in [-0.39, 0.29) is 5.82 Å². The molecule has 0 saturated heterocycles. The fourth-order valence-electron chi connectivity index (χ4n) is 4.63. The second-order valence-electron chi connectivity index (χ2n) is 9.73. The van der Waals surface area contributed by atoms with Gasteiger partial charge in [-0.25, -0.2) is 9.38 Å². The molecule has 1 fully saturated rings.